The highest BCUT2D eigenvalue weighted by atomic mass is 28.4. The third-order valence-electron chi connectivity index (χ3n) is 8.00. The summed E-state index contributed by atoms with van der Waals surface area (Å²) < 4.78 is 31.6. The van der Waals surface area contributed by atoms with Gasteiger partial charge in [0.05, 0.1) is 31.9 Å². The van der Waals surface area contributed by atoms with Crippen LogP contribution in [0.2, 0.25) is 18.1 Å². The minimum absolute atomic E-state index is 0.0487. The zero-order chi connectivity index (χ0) is 30.7. The van der Waals surface area contributed by atoms with Crippen LogP contribution in [0, 0.1) is 5.82 Å². The lowest BCUT2D eigenvalue weighted by Crippen LogP contribution is -2.43. The second kappa shape index (κ2) is 12.6. The van der Waals surface area contributed by atoms with E-state index in [1.54, 1.807) is 32.5 Å². The van der Waals surface area contributed by atoms with Gasteiger partial charge in [-0.15, -0.1) is 0 Å². The highest BCUT2D eigenvalue weighted by Crippen LogP contribution is 2.41. The van der Waals surface area contributed by atoms with Crippen LogP contribution in [0.3, 0.4) is 0 Å². The fraction of sp³-hybridized carbons (Fsp3) is 0.406. The van der Waals surface area contributed by atoms with E-state index in [9.17, 15) is 9.18 Å². The molecule has 2 aromatic carbocycles. The number of fused-ring (bicyclic) bond motifs is 1. The zero-order valence-electron chi connectivity index (χ0n) is 25.7. The lowest BCUT2D eigenvalue weighted by molar-refractivity contribution is 0.267. The molecule has 0 aliphatic rings. The summed E-state index contributed by atoms with van der Waals surface area (Å²) in [5.74, 6) is 1.07. The maximum atomic E-state index is 13.7. The van der Waals surface area contributed by atoms with Crippen LogP contribution in [0.5, 0.6) is 11.5 Å². The van der Waals surface area contributed by atoms with Crippen LogP contribution >= 0.6 is 0 Å². The first kappa shape index (κ1) is 31.2. The number of anilines is 1. The summed E-state index contributed by atoms with van der Waals surface area (Å²) in [6.07, 6.45) is 2.85. The van der Waals surface area contributed by atoms with Crippen molar-refractivity contribution >= 4 is 24.9 Å². The van der Waals surface area contributed by atoms with Crippen molar-refractivity contribution in [1.82, 2.24) is 15.0 Å². The number of aromatic nitrogens is 3. The Morgan fingerprint density at radius 2 is 1.86 bits per heavy atom. The van der Waals surface area contributed by atoms with E-state index in [-0.39, 0.29) is 22.5 Å². The van der Waals surface area contributed by atoms with Gasteiger partial charge in [-0.3, -0.25) is 9.78 Å². The number of H-pyrrole nitrogens is 1. The van der Waals surface area contributed by atoms with Crippen molar-refractivity contribution in [3.8, 4) is 22.8 Å². The molecule has 1 unspecified atom stereocenters. The van der Waals surface area contributed by atoms with Crippen molar-refractivity contribution in [2.75, 3.05) is 26.1 Å². The molecule has 10 heteroatoms. The molecule has 0 radical (unpaired) electrons. The van der Waals surface area contributed by atoms with E-state index in [0.29, 0.717) is 58.2 Å². The molecule has 0 amide bonds. The first-order valence-electron chi connectivity index (χ1n) is 14.2. The van der Waals surface area contributed by atoms with Gasteiger partial charge in [-0.2, -0.15) is 0 Å². The van der Waals surface area contributed by atoms with Gasteiger partial charge in [0.2, 0.25) is 0 Å². The Balaban J connectivity index is 1.69. The molecule has 1 atom stereocenters. The molecule has 0 bridgehead atoms. The van der Waals surface area contributed by atoms with Crippen LogP contribution in [-0.4, -0.2) is 50.1 Å². The normalized spacial score (nSPS) is 12.8. The Labute approximate surface area is 247 Å². The number of rotatable bonds is 11. The second-order valence-electron chi connectivity index (χ2n) is 12.0. The summed E-state index contributed by atoms with van der Waals surface area (Å²) in [7, 11) is 1.14. The Morgan fingerprint density at radius 3 is 2.45 bits per heavy atom. The molecule has 0 saturated carbocycles. The number of halogens is 1. The fourth-order valence-electron chi connectivity index (χ4n) is 4.38. The van der Waals surface area contributed by atoms with E-state index < -0.39 is 8.32 Å². The van der Waals surface area contributed by atoms with E-state index in [4.69, 9.17) is 18.9 Å². The first-order valence-corrected chi connectivity index (χ1v) is 17.1. The average Bonchev–Trinajstić information content (AvgIpc) is 2.94. The molecule has 42 heavy (non-hydrogen) atoms. The first-order chi connectivity index (χ1) is 19.9. The molecule has 2 heterocycles. The fourth-order valence-corrected chi connectivity index (χ4v) is 5.44. The van der Waals surface area contributed by atoms with Crippen molar-refractivity contribution in [2.24, 2.45) is 0 Å². The second-order valence-corrected chi connectivity index (χ2v) is 16.8. The van der Waals surface area contributed by atoms with E-state index in [2.05, 4.69) is 56.1 Å². The molecule has 4 aromatic rings. The number of nitrogens with one attached hydrogen (secondary N) is 2. The van der Waals surface area contributed by atoms with Crippen LogP contribution in [-0.2, 0) is 10.8 Å². The Bertz CT molecular complexity index is 1600. The van der Waals surface area contributed by atoms with Gasteiger partial charge >= 0.3 is 0 Å². The van der Waals surface area contributed by atoms with E-state index in [1.807, 2.05) is 18.2 Å². The highest BCUT2D eigenvalue weighted by molar-refractivity contribution is 6.74. The van der Waals surface area contributed by atoms with Crippen LogP contribution in [0.4, 0.5) is 10.1 Å². The van der Waals surface area contributed by atoms with Gasteiger partial charge in [-0.25, -0.2) is 9.37 Å². The van der Waals surface area contributed by atoms with E-state index in [0.717, 1.165) is 12.0 Å². The van der Waals surface area contributed by atoms with E-state index >= 15 is 0 Å². The molecule has 224 valence electrons. The SMILES string of the molecule is CCC(CO[Si](C)(C)C(C)(C)C)Nc1c(OC)c(OC)cc2c(=O)[nH]c(Cc3ccc(-c4cccc(F)c4)nc3)nc12. The quantitative estimate of drug-likeness (QED) is 0.182. The number of nitrogens with zero attached hydrogens (tertiary/aromatic N) is 2. The summed E-state index contributed by atoms with van der Waals surface area (Å²) in [6.45, 7) is 13.7. The maximum Gasteiger partial charge on any atom is 0.258 e. The molecule has 0 aliphatic carbocycles. The monoisotopic (exact) mass is 592 g/mol. The lowest BCUT2D eigenvalue weighted by atomic mass is 10.1. The third kappa shape index (κ3) is 6.82. The molecule has 0 aliphatic heterocycles. The van der Waals surface area contributed by atoms with Crippen molar-refractivity contribution in [3.63, 3.8) is 0 Å². The van der Waals surface area contributed by atoms with Crippen LogP contribution in [0.1, 0.15) is 45.5 Å². The van der Waals surface area contributed by atoms with Crippen LogP contribution in [0.25, 0.3) is 22.2 Å². The predicted octanol–water partition coefficient (Wildman–Crippen LogP) is 6.94. The van der Waals surface area contributed by atoms with Crippen molar-refractivity contribution < 1.29 is 18.3 Å². The van der Waals surface area contributed by atoms with Crippen molar-refractivity contribution in [2.45, 2.75) is 64.7 Å². The Hall–Kier alpha value is -3.76. The number of hydrogen-bond acceptors (Lipinski definition) is 7. The van der Waals surface area contributed by atoms with Crippen LogP contribution in [0.15, 0.2) is 53.5 Å². The number of methoxy groups -OCH3 is 2. The van der Waals surface area contributed by atoms with E-state index in [1.165, 1.54) is 12.1 Å². The molecule has 2 aromatic heterocycles. The van der Waals surface area contributed by atoms with Crippen molar-refractivity contribution in [3.05, 3.63) is 76.2 Å². The van der Waals surface area contributed by atoms with Gasteiger partial charge in [0, 0.05) is 24.2 Å². The summed E-state index contributed by atoms with van der Waals surface area (Å²) in [5.41, 5.74) is 2.99. The zero-order valence-corrected chi connectivity index (χ0v) is 26.7. The smallest absolute Gasteiger partial charge is 0.258 e. The molecule has 0 fully saturated rings. The topological polar surface area (TPSA) is 98.4 Å². The summed E-state index contributed by atoms with van der Waals surface area (Å²) in [5, 5.41) is 4.04. The standard InChI is InChI=1S/C32H41FN4O4Si/c1-9-23(19-41-42(7,8)32(2,3)4)35-29-28-24(17-26(39-5)30(29)40-6)31(38)37-27(36-28)15-20-13-14-25(34-18-20)21-11-10-12-22(33)16-21/h10-14,16-18,23,35H,9,15,19H2,1-8H3,(H,36,37,38). The van der Waals surface area contributed by atoms with Gasteiger partial charge in [0.15, 0.2) is 19.8 Å². The van der Waals surface area contributed by atoms with Gasteiger partial charge in [-0.05, 0) is 54.4 Å². The number of hydrogen-bond donors (Lipinski definition) is 2. The summed E-state index contributed by atoms with van der Waals surface area (Å²) >= 11 is 0. The summed E-state index contributed by atoms with van der Waals surface area (Å²) in [4.78, 5) is 25.6. The maximum absolute atomic E-state index is 13.7. The molecule has 0 spiro atoms. The molecular formula is C32H41FN4O4Si. The predicted molar refractivity (Wildman–Crippen MR) is 169 cm³/mol. The molecule has 0 saturated heterocycles. The molecule has 8 nitrogen and oxygen atoms in total. The molecule has 4 rings (SSSR count). The van der Waals surface area contributed by atoms with Gasteiger partial charge in [0.25, 0.3) is 5.56 Å². The summed E-state index contributed by atoms with van der Waals surface area (Å²) in [6, 6.07) is 11.6. The number of benzene rings is 2. The molecule has 2 N–H and O–H groups in total. The Kier molecular flexibility index (Phi) is 9.37. The highest BCUT2D eigenvalue weighted by Gasteiger charge is 2.37. The van der Waals surface area contributed by atoms with Gasteiger partial charge in [0.1, 0.15) is 22.8 Å². The number of pyridine rings is 1. The lowest BCUT2D eigenvalue weighted by Gasteiger charge is -2.37. The average molecular weight is 593 g/mol. The minimum atomic E-state index is -1.98. The number of ether oxygens (including phenoxy) is 2. The Morgan fingerprint density at radius 1 is 1.10 bits per heavy atom. The van der Waals surface area contributed by atoms with Crippen molar-refractivity contribution in [1.29, 1.82) is 0 Å². The van der Waals surface area contributed by atoms with Gasteiger partial charge < -0.3 is 24.2 Å². The third-order valence-corrected chi connectivity index (χ3v) is 12.5. The molecular weight excluding hydrogens is 551 g/mol. The van der Waals surface area contributed by atoms with Gasteiger partial charge in [-0.1, -0.05) is 45.9 Å². The number of aromatic amines is 1. The van der Waals surface area contributed by atoms with Crippen LogP contribution < -0.4 is 20.3 Å². The largest absolute Gasteiger partial charge is 0.493 e. The minimum Gasteiger partial charge on any atom is -0.493 e.